The van der Waals surface area contributed by atoms with Crippen molar-refractivity contribution in [2.24, 2.45) is 5.41 Å². The molecule has 8 heteroatoms. The zero-order valence-corrected chi connectivity index (χ0v) is 24.0. The molecule has 0 unspecified atom stereocenters. The van der Waals surface area contributed by atoms with Crippen molar-refractivity contribution in [2.75, 3.05) is 19.1 Å². The van der Waals surface area contributed by atoms with Crippen LogP contribution in [0.2, 0.25) is 5.02 Å². The number of halogens is 2. The second kappa shape index (κ2) is 9.92. The monoisotopic (exact) mass is 593 g/mol. The number of hydrogen-bond acceptors (Lipinski definition) is 6. The van der Waals surface area contributed by atoms with E-state index in [4.69, 9.17) is 21.1 Å². The standard InChI is InChI=1S/C35H25ClFNO5/c1-42-21-13-14-25(28(18-21)43-2)30-31(32(39)24-9-5-6-10-26(24)36)38-27-15-12-20(37)17-19(27)11-16-29(38)35(30)33(40)22-7-3-4-8-23(22)34(35)41/h3-18,29-31H,1-2H3/t29-,30-,31-/m1/s1. The van der Waals surface area contributed by atoms with E-state index in [1.54, 1.807) is 89.8 Å². The molecule has 3 aliphatic rings. The van der Waals surface area contributed by atoms with E-state index < -0.39 is 29.2 Å². The van der Waals surface area contributed by atoms with Gasteiger partial charge in [0.1, 0.15) is 28.8 Å². The molecule has 1 aliphatic carbocycles. The number of Topliss-reactive ketones (excluding diaryl/α,β-unsaturated/α-hetero) is 3. The Hall–Kier alpha value is -4.75. The Bertz CT molecular complexity index is 1850. The van der Waals surface area contributed by atoms with E-state index in [1.807, 2.05) is 0 Å². The van der Waals surface area contributed by atoms with Gasteiger partial charge in [-0.3, -0.25) is 14.4 Å². The van der Waals surface area contributed by atoms with E-state index in [9.17, 15) is 18.8 Å². The normalized spacial score (nSPS) is 21.0. The van der Waals surface area contributed by atoms with Crippen molar-refractivity contribution in [3.63, 3.8) is 0 Å². The molecule has 0 radical (unpaired) electrons. The SMILES string of the molecule is COc1ccc([C@@H]2[C@H](C(=O)c3ccccc3Cl)N3c4ccc(F)cc4C=C[C@@H]3C23C(=O)c2ccccc2C3=O)c(OC)c1. The molecule has 0 bridgehead atoms. The molecule has 1 saturated heterocycles. The van der Waals surface area contributed by atoms with Gasteiger partial charge in [-0.05, 0) is 36.4 Å². The quantitative estimate of drug-likeness (QED) is 0.187. The summed E-state index contributed by atoms with van der Waals surface area (Å²) in [6.45, 7) is 0. The summed E-state index contributed by atoms with van der Waals surface area (Å²) in [6, 6.07) is 20.9. The zero-order valence-electron chi connectivity index (χ0n) is 23.2. The summed E-state index contributed by atoms with van der Waals surface area (Å²) < 4.78 is 25.7. The molecule has 0 N–H and O–H groups in total. The van der Waals surface area contributed by atoms with Crippen LogP contribution in [0, 0.1) is 11.2 Å². The molecule has 7 rings (SSSR count). The van der Waals surface area contributed by atoms with Crippen molar-refractivity contribution >= 4 is 40.7 Å². The number of carbonyl (C=O) groups is 3. The third-order valence-corrected chi connectivity index (χ3v) is 9.28. The van der Waals surface area contributed by atoms with Crippen molar-refractivity contribution in [2.45, 2.75) is 18.0 Å². The summed E-state index contributed by atoms with van der Waals surface area (Å²) in [5, 5.41) is 0.240. The highest BCUT2D eigenvalue weighted by Gasteiger charge is 2.72. The molecule has 4 aromatic rings. The minimum atomic E-state index is -1.74. The van der Waals surface area contributed by atoms with Gasteiger partial charge in [-0.15, -0.1) is 0 Å². The molecule has 4 aromatic carbocycles. The van der Waals surface area contributed by atoms with Gasteiger partial charge in [-0.1, -0.05) is 66.2 Å². The molecule has 1 spiro atoms. The molecule has 0 saturated carbocycles. The number of hydrogen-bond donors (Lipinski definition) is 0. The summed E-state index contributed by atoms with van der Waals surface area (Å²) in [4.78, 5) is 46.2. The molecule has 214 valence electrons. The fourth-order valence-electron chi connectivity index (χ4n) is 7.19. The van der Waals surface area contributed by atoms with E-state index in [1.165, 1.54) is 26.4 Å². The number of ketones is 3. The van der Waals surface area contributed by atoms with Gasteiger partial charge in [-0.25, -0.2) is 4.39 Å². The number of fused-ring (bicyclic) bond motifs is 5. The first kappa shape index (κ1) is 27.1. The van der Waals surface area contributed by atoms with Gasteiger partial charge < -0.3 is 14.4 Å². The second-order valence-electron chi connectivity index (χ2n) is 10.9. The topological polar surface area (TPSA) is 72.9 Å². The minimum absolute atomic E-state index is 0.240. The lowest BCUT2D eigenvalue weighted by Gasteiger charge is -2.37. The third kappa shape index (κ3) is 3.67. The van der Waals surface area contributed by atoms with Crippen molar-refractivity contribution in [1.82, 2.24) is 0 Å². The molecule has 6 nitrogen and oxygen atoms in total. The van der Waals surface area contributed by atoms with Gasteiger partial charge in [0.05, 0.1) is 25.3 Å². The summed E-state index contributed by atoms with van der Waals surface area (Å²) in [7, 11) is 3.01. The maximum atomic E-state index is 14.8. The van der Waals surface area contributed by atoms with Crippen molar-refractivity contribution < 1.29 is 28.2 Å². The Morgan fingerprint density at radius 3 is 2.26 bits per heavy atom. The van der Waals surface area contributed by atoms with Crippen molar-refractivity contribution in [3.05, 3.63) is 130 Å². The average Bonchev–Trinajstić information content (AvgIpc) is 3.46. The molecule has 2 aliphatic heterocycles. The summed E-state index contributed by atoms with van der Waals surface area (Å²) >= 11 is 6.59. The van der Waals surface area contributed by atoms with Gasteiger partial charge in [0.15, 0.2) is 17.3 Å². The maximum Gasteiger partial charge on any atom is 0.187 e. The summed E-state index contributed by atoms with van der Waals surface area (Å²) in [6.07, 6.45) is 3.46. The lowest BCUT2D eigenvalue weighted by Crippen LogP contribution is -2.48. The van der Waals surface area contributed by atoms with Crippen LogP contribution in [0.1, 0.15) is 48.1 Å². The number of nitrogens with zero attached hydrogens (tertiary/aromatic N) is 1. The van der Waals surface area contributed by atoms with E-state index in [2.05, 4.69) is 0 Å². The van der Waals surface area contributed by atoms with E-state index in [0.717, 1.165) is 0 Å². The van der Waals surface area contributed by atoms with Crippen LogP contribution in [-0.4, -0.2) is 43.7 Å². The average molecular weight is 594 g/mol. The van der Waals surface area contributed by atoms with Crippen LogP contribution >= 0.6 is 11.6 Å². The van der Waals surface area contributed by atoms with Gasteiger partial charge in [0, 0.05) is 45.5 Å². The predicted octanol–water partition coefficient (Wildman–Crippen LogP) is 6.81. The molecule has 3 atom stereocenters. The summed E-state index contributed by atoms with van der Waals surface area (Å²) in [5.74, 6) is -1.73. The highest BCUT2D eigenvalue weighted by Crippen LogP contribution is 2.62. The number of methoxy groups -OCH3 is 2. The Morgan fingerprint density at radius 2 is 1.58 bits per heavy atom. The van der Waals surface area contributed by atoms with Crippen molar-refractivity contribution in [1.29, 1.82) is 0 Å². The Morgan fingerprint density at radius 1 is 0.884 bits per heavy atom. The Kier molecular flexibility index (Phi) is 6.25. The highest BCUT2D eigenvalue weighted by atomic mass is 35.5. The van der Waals surface area contributed by atoms with E-state index >= 15 is 0 Å². The van der Waals surface area contributed by atoms with Crippen molar-refractivity contribution in [3.8, 4) is 11.5 Å². The molecule has 2 heterocycles. The van der Waals surface area contributed by atoms with Crippen LogP contribution in [0.25, 0.3) is 6.08 Å². The first-order valence-electron chi connectivity index (χ1n) is 13.8. The number of ether oxygens (including phenoxy) is 2. The third-order valence-electron chi connectivity index (χ3n) is 8.95. The number of carbonyl (C=O) groups excluding carboxylic acids is 3. The van der Waals surface area contributed by atoms with Gasteiger partial charge in [-0.2, -0.15) is 0 Å². The number of benzene rings is 4. The fourth-order valence-corrected chi connectivity index (χ4v) is 7.42. The van der Waals surface area contributed by atoms with Gasteiger partial charge in [0.2, 0.25) is 0 Å². The van der Waals surface area contributed by atoms with E-state index in [0.29, 0.717) is 39.4 Å². The minimum Gasteiger partial charge on any atom is -0.497 e. The lowest BCUT2D eigenvalue weighted by molar-refractivity contribution is 0.0665. The second-order valence-corrected chi connectivity index (χ2v) is 11.3. The van der Waals surface area contributed by atoms with Crippen LogP contribution in [0.3, 0.4) is 0 Å². The number of rotatable bonds is 5. The van der Waals surface area contributed by atoms with Gasteiger partial charge in [0.25, 0.3) is 0 Å². The van der Waals surface area contributed by atoms with Crippen LogP contribution in [-0.2, 0) is 0 Å². The highest BCUT2D eigenvalue weighted by molar-refractivity contribution is 6.35. The molecule has 1 fully saturated rings. The smallest absolute Gasteiger partial charge is 0.187 e. The Labute approximate surface area is 252 Å². The molecule has 43 heavy (non-hydrogen) atoms. The largest absolute Gasteiger partial charge is 0.497 e. The first-order valence-corrected chi connectivity index (χ1v) is 14.2. The van der Waals surface area contributed by atoms with Crippen LogP contribution in [0.5, 0.6) is 11.5 Å². The lowest BCUT2D eigenvalue weighted by atomic mass is 9.64. The summed E-state index contributed by atoms with van der Waals surface area (Å²) in [5.41, 5.74) is 0.663. The molecular weight excluding hydrogens is 569 g/mol. The molecule has 0 aromatic heterocycles. The molecular formula is C35H25ClFNO5. The van der Waals surface area contributed by atoms with Crippen LogP contribution in [0.4, 0.5) is 10.1 Å². The number of anilines is 1. The maximum absolute atomic E-state index is 14.8. The van der Waals surface area contributed by atoms with Gasteiger partial charge >= 0.3 is 0 Å². The zero-order chi connectivity index (χ0) is 30.0. The van der Waals surface area contributed by atoms with Crippen LogP contribution < -0.4 is 14.4 Å². The Balaban J connectivity index is 1.58. The van der Waals surface area contributed by atoms with E-state index in [-0.39, 0.29) is 27.9 Å². The predicted molar refractivity (Wildman–Crippen MR) is 161 cm³/mol. The first-order chi connectivity index (χ1) is 20.8. The fraction of sp³-hybridized carbons (Fsp3) is 0.171. The molecule has 0 amide bonds. The van der Waals surface area contributed by atoms with Crippen LogP contribution in [0.15, 0.2) is 91.0 Å².